The molecule has 0 aliphatic carbocycles. The quantitative estimate of drug-likeness (QED) is 0.0268. The standard InChI is InChI=1S/C53H102O9/c1-3-5-7-9-11-13-15-17-19-20-21-22-23-24-25-26-27-29-31-33-35-37-39-41-43-59-45-47(46-60-53-52(58)51(57)50(56)48(44-54)62-53)61-49(55)42-40-38-36-34-32-30-28-18-16-14-12-10-8-6-4-2/h20-21,47-48,50-54,56-58H,3-19,22-46H2,1-2H3/b21-20-. The summed E-state index contributed by atoms with van der Waals surface area (Å²) in [7, 11) is 0. The highest BCUT2D eigenvalue weighted by Gasteiger charge is 2.44. The predicted molar refractivity (Wildman–Crippen MR) is 256 cm³/mol. The van der Waals surface area contributed by atoms with E-state index in [4.69, 9.17) is 18.9 Å². The van der Waals surface area contributed by atoms with Gasteiger partial charge in [0.2, 0.25) is 0 Å². The van der Waals surface area contributed by atoms with Gasteiger partial charge >= 0.3 is 5.97 Å². The molecule has 0 amide bonds. The minimum Gasteiger partial charge on any atom is -0.457 e. The minimum atomic E-state index is -1.53. The lowest BCUT2D eigenvalue weighted by molar-refractivity contribution is -0.305. The molecule has 1 aliphatic heterocycles. The van der Waals surface area contributed by atoms with E-state index >= 15 is 0 Å². The second kappa shape index (κ2) is 45.1. The maximum Gasteiger partial charge on any atom is 0.306 e. The van der Waals surface area contributed by atoms with Gasteiger partial charge in [-0.05, 0) is 38.5 Å². The van der Waals surface area contributed by atoms with Gasteiger partial charge < -0.3 is 39.4 Å². The number of unbranched alkanes of at least 4 members (excludes halogenated alkanes) is 34. The molecule has 6 unspecified atom stereocenters. The zero-order valence-corrected chi connectivity index (χ0v) is 40.6. The second-order valence-corrected chi connectivity index (χ2v) is 18.7. The summed E-state index contributed by atoms with van der Waals surface area (Å²) in [4.78, 5) is 12.8. The third kappa shape index (κ3) is 35.2. The van der Waals surface area contributed by atoms with Gasteiger partial charge in [-0.2, -0.15) is 0 Å². The molecule has 0 aromatic rings. The van der Waals surface area contributed by atoms with E-state index in [2.05, 4.69) is 26.0 Å². The Kier molecular flexibility index (Phi) is 42.9. The largest absolute Gasteiger partial charge is 0.457 e. The number of esters is 1. The van der Waals surface area contributed by atoms with Gasteiger partial charge in [0.25, 0.3) is 0 Å². The Labute approximate surface area is 382 Å². The zero-order chi connectivity index (χ0) is 45.0. The minimum absolute atomic E-state index is 0.107. The molecule has 9 nitrogen and oxygen atoms in total. The Morgan fingerprint density at radius 3 is 1.31 bits per heavy atom. The van der Waals surface area contributed by atoms with Crippen LogP contribution in [0.2, 0.25) is 0 Å². The number of rotatable bonds is 47. The van der Waals surface area contributed by atoms with E-state index in [0.29, 0.717) is 13.0 Å². The molecule has 1 rings (SSSR count). The van der Waals surface area contributed by atoms with Gasteiger partial charge in [-0.1, -0.05) is 225 Å². The lowest BCUT2D eigenvalue weighted by atomic mass is 9.99. The van der Waals surface area contributed by atoms with E-state index in [9.17, 15) is 25.2 Å². The molecule has 1 fully saturated rings. The second-order valence-electron chi connectivity index (χ2n) is 18.7. The van der Waals surface area contributed by atoms with E-state index in [-0.39, 0.29) is 19.2 Å². The molecule has 0 radical (unpaired) electrons. The van der Waals surface area contributed by atoms with Gasteiger partial charge in [0.05, 0.1) is 19.8 Å². The summed E-state index contributed by atoms with van der Waals surface area (Å²) in [5.74, 6) is -0.307. The smallest absolute Gasteiger partial charge is 0.306 e. The van der Waals surface area contributed by atoms with Crippen LogP contribution < -0.4 is 0 Å². The third-order valence-electron chi connectivity index (χ3n) is 12.7. The van der Waals surface area contributed by atoms with Crippen molar-refractivity contribution < 1.29 is 44.2 Å². The number of aliphatic hydroxyl groups excluding tert-OH is 4. The SMILES string of the molecule is CCCCCCCCCC/C=C\CCCCCCCCCCCCCCOCC(COC1OC(CO)C(O)C(O)C1O)OC(=O)CCCCCCCCCCCCCCCCC. The van der Waals surface area contributed by atoms with Gasteiger partial charge in [-0.3, -0.25) is 4.79 Å². The van der Waals surface area contributed by atoms with Crippen molar-refractivity contribution in [1.29, 1.82) is 0 Å². The van der Waals surface area contributed by atoms with Crippen LogP contribution in [0.5, 0.6) is 0 Å². The van der Waals surface area contributed by atoms with E-state index in [1.165, 1.54) is 205 Å². The molecular weight excluding hydrogens is 781 g/mol. The number of ether oxygens (including phenoxy) is 4. The van der Waals surface area contributed by atoms with Crippen molar-refractivity contribution in [3.8, 4) is 0 Å². The van der Waals surface area contributed by atoms with Crippen molar-refractivity contribution in [2.24, 2.45) is 0 Å². The maximum absolute atomic E-state index is 12.8. The fraction of sp³-hybridized carbons (Fsp3) is 0.943. The van der Waals surface area contributed by atoms with Crippen LogP contribution >= 0.6 is 0 Å². The maximum atomic E-state index is 12.8. The molecule has 0 bridgehead atoms. The van der Waals surface area contributed by atoms with Crippen LogP contribution in [0.4, 0.5) is 0 Å². The summed E-state index contributed by atoms with van der Waals surface area (Å²) in [5, 5.41) is 40.2. The van der Waals surface area contributed by atoms with E-state index in [0.717, 1.165) is 32.1 Å². The van der Waals surface area contributed by atoms with Gasteiger partial charge in [0.1, 0.15) is 30.5 Å². The molecule has 6 atom stereocenters. The van der Waals surface area contributed by atoms with Crippen LogP contribution in [0, 0.1) is 0 Å². The van der Waals surface area contributed by atoms with Crippen LogP contribution in [0.25, 0.3) is 0 Å². The lowest BCUT2D eigenvalue weighted by Gasteiger charge is -2.39. The first kappa shape index (κ1) is 58.9. The average molecular weight is 883 g/mol. The molecule has 0 spiro atoms. The molecule has 0 aromatic carbocycles. The summed E-state index contributed by atoms with van der Waals surface area (Å²) in [6.45, 7) is 4.61. The van der Waals surface area contributed by atoms with E-state index < -0.39 is 43.4 Å². The summed E-state index contributed by atoms with van der Waals surface area (Å²) >= 11 is 0. The van der Waals surface area contributed by atoms with Gasteiger partial charge in [0, 0.05) is 13.0 Å². The number of aliphatic hydroxyl groups is 4. The van der Waals surface area contributed by atoms with Crippen molar-refractivity contribution >= 4 is 5.97 Å². The molecule has 62 heavy (non-hydrogen) atoms. The molecule has 0 aromatic heterocycles. The van der Waals surface area contributed by atoms with Crippen LogP contribution in [0.1, 0.15) is 258 Å². The lowest BCUT2D eigenvalue weighted by Crippen LogP contribution is -2.59. The fourth-order valence-electron chi connectivity index (χ4n) is 8.49. The molecule has 1 aliphatic rings. The zero-order valence-electron chi connectivity index (χ0n) is 40.6. The Bertz CT molecular complexity index is 961. The van der Waals surface area contributed by atoms with Crippen molar-refractivity contribution in [1.82, 2.24) is 0 Å². The van der Waals surface area contributed by atoms with E-state index in [1.807, 2.05) is 0 Å². The van der Waals surface area contributed by atoms with Crippen molar-refractivity contribution in [2.45, 2.75) is 295 Å². The first-order valence-electron chi connectivity index (χ1n) is 26.8. The first-order chi connectivity index (χ1) is 30.4. The average Bonchev–Trinajstić information content (AvgIpc) is 3.27. The molecule has 0 saturated carbocycles. The molecule has 9 heteroatoms. The normalized spacial score (nSPS) is 19.7. The Morgan fingerprint density at radius 2 is 0.887 bits per heavy atom. The van der Waals surface area contributed by atoms with Gasteiger partial charge in [0.15, 0.2) is 6.29 Å². The molecule has 4 N–H and O–H groups in total. The van der Waals surface area contributed by atoms with Crippen molar-refractivity contribution in [3.63, 3.8) is 0 Å². The predicted octanol–water partition coefficient (Wildman–Crippen LogP) is 13.2. The van der Waals surface area contributed by atoms with E-state index in [1.54, 1.807) is 0 Å². The molecule has 368 valence electrons. The number of allylic oxidation sites excluding steroid dienone is 2. The molecular formula is C53H102O9. The van der Waals surface area contributed by atoms with Crippen molar-refractivity contribution in [3.05, 3.63) is 12.2 Å². The fourth-order valence-corrected chi connectivity index (χ4v) is 8.49. The topological polar surface area (TPSA) is 135 Å². The molecule has 1 heterocycles. The van der Waals surface area contributed by atoms with Crippen molar-refractivity contribution in [2.75, 3.05) is 26.4 Å². The Morgan fingerprint density at radius 1 is 0.500 bits per heavy atom. The van der Waals surface area contributed by atoms with Gasteiger partial charge in [-0.25, -0.2) is 0 Å². The molecule has 1 saturated heterocycles. The third-order valence-corrected chi connectivity index (χ3v) is 12.7. The summed E-state index contributed by atoms with van der Waals surface area (Å²) in [6, 6.07) is 0. The monoisotopic (exact) mass is 883 g/mol. The van der Waals surface area contributed by atoms with Crippen LogP contribution in [0.15, 0.2) is 12.2 Å². The summed E-state index contributed by atoms with van der Waals surface area (Å²) in [5.41, 5.74) is 0. The first-order valence-corrected chi connectivity index (χ1v) is 26.8. The Balaban J connectivity index is 2.15. The van der Waals surface area contributed by atoms with Crippen LogP contribution in [-0.4, -0.2) is 89.6 Å². The number of carbonyl (C=O) groups excluding carboxylic acids is 1. The summed E-state index contributed by atoms with van der Waals surface area (Å²) < 4.78 is 22.9. The summed E-state index contributed by atoms with van der Waals surface area (Å²) in [6.07, 6.45) is 45.4. The Hall–Kier alpha value is -1.07. The number of carbonyl (C=O) groups is 1. The van der Waals surface area contributed by atoms with Crippen LogP contribution in [0.3, 0.4) is 0 Å². The highest BCUT2D eigenvalue weighted by Crippen LogP contribution is 2.23. The van der Waals surface area contributed by atoms with Crippen LogP contribution in [-0.2, 0) is 23.7 Å². The highest BCUT2D eigenvalue weighted by molar-refractivity contribution is 5.69. The highest BCUT2D eigenvalue weighted by atomic mass is 16.7. The number of hydrogen-bond acceptors (Lipinski definition) is 9. The van der Waals surface area contributed by atoms with Gasteiger partial charge in [-0.15, -0.1) is 0 Å². The number of hydrogen-bond donors (Lipinski definition) is 4.